The van der Waals surface area contributed by atoms with E-state index in [4.69, 9.17) is 9.97 Å². The molecular formula is C22H24N8. The molecule has 1 fully saturated rings. The number of nitrogens with one attached hydrogen (secondary N) is 3. The summed E-state index contributed by atoms with van der Waals surface area (Å²) in [5, 5.41) is 11.0. The summed E-state index contributed by atoms with van der Waals surface area (Å²) in [4.78, 5) is 20.1. The molecule has 0 spiro atoms. The molecule has 4 aromatic rings. The highest BCUT2D eigenvalue weighted by molar-refractivity contribution is 5.93. The normalized spacial score (nSPS) is 17.6. The number of pyridine rings is 2. The topological polar surface area (TPSA) is 98.4 Å². The van der Waals surface area contributed by atoms with Crippen molar-refractivity contribution in [1.29, 1.82) is 0 Å². The number of fused-ring (bicyclic) bond motifs is 2. The predicted molar refractivity (Wildman–Crippen MR) is 118 cm³/mol. The number of nitrogens with zero attached hydrogens (tertiary/aromatic N) is 5. The second kappa shape index (κ2) is 7.21. The summed E-state index contributed by atoms with van der Waals surface area (Å²) in [7, 11) is 0. The highest BCUT2D eigenvalue weighted by Crippen LogP contribution is 2.31. The average Bonchev–Trinajstić information content (AvgIpc) is 3.43. The first-order chi connectivity index (χ1) is 14.9. The van der Waals surface area contributed by atoms with Crippen LogP contribution < -0.4 is 10.2 Å². The molecule has 0 aliphatic carbocycles. The van der Waals surface area contributed by atoms with Gasteiger partial charge in [0.25, 0.3) is 0 Å². The zero-order valence-corrected chi connectivity index (χ0v) is 16.8. The first-order valence-electron chi connectivity index (χ1n) is 10.7. The molecule has 2 aliphatic heterocycles. The lowest BCUT2D eigenvalue weighted by atomic mass is 10.1. The number of hydrogen-bond donors (Lipinski definition) is 3. The van der Waals surface area contributed by atoms with Crippen molar-refractivity contribution in [2.75, 3.05) is 31.1 Å². The third kappa shape index (κ3) is 2.95. The molecule has 2 aliphatic rings. The van der Waals surface area contributed by atoms with Crippen molar-refractivity contribution in [2.24, 2.45) is 0 Å². The molecule has 4 aromatic heterocycles. The minimum atomic E-state index is 0.706. The summed E-state index contributed by atoms with van der Waals surface area (Å²) in [5.74, 6) is 0.706. The molecule has 0 aromatic carbocycles. The molecule has 0 saturated carbocycles. The van der Waals surface area contributed by atoms with Crippen LogP contribution in [0.1, 0.15) is 31.4 Å². The summed E-state index contributed by atoms with van der Waals surface area (Å²) >= 11 is 0. The van der Waals surface area contributed by atoms with Crippen LogP contribution in [0.25, 0.3) is 39.3 Å². The van der Waals surface area contributed by atoms with E-state index in [1.165, 1.54) is 30.5 Å². The monoisotopic (exact) mass is 400 g/mol. The molecule has 1 saturated heterocycles. The zero-order chi connectivity index (χ0) is 19.9. The van der Waals surface area contributed by atoms with Crippen LogP contribution in [0.3, 0.4) is 0 Å². The maximum Gasteiger partial charge on any atom is 0.180 e. The Bertz CT molecular complexity index is 1240. The molecule has 152 valence electrons. The van der Waals surface area contributed by atoms with Gasteiger partial charge in [0.15, 0.2) is 17.2 Å². The van der Waals surface area contributed by atoms with E-state index in [2.05, 4.69) is 54.7 Å². The second-order valence-electron chi connectivity index (χ2n) is 8.01. The van der Waals surface area contributed by atoms with Crippen molar-refractivity contribution in [2.45, 2.75) is 25.7 Å². The van der Waals surface area contributed by atoms with Crippen LogP contribution in [-0.4, -0.2) is 56.3 Å². The highest BCUT2D eigenvalue weighted by Gasteiger charge is 2.20. The summed E-state index contributed by atoms with van der Waals surface area (Å²) in [6.45, 7) is 4.03. The fraction of sp³-hybridized carbons (Fsp3) is 0.364. The van der Waals surface area contributed by atoms with Gasteiger partial charge in [-0.1, -0.05) is 6.08 Å². The van der Waals surface area contributed by atoms with Crippen LogP contribution in [0, 0.1) is 0 Å². The predicted octanol–water partition coefficient (Wildman–Crippen LogP) is 3.26. The molecule has 6 heterocycles. The minimum Gasteiger partial charge on any atom is -0.370 e. The number of aromatic amines is 2. The summed E-state index contributed by atoms with van der Waals surface area (Å²) in [6, 6.07) is 6.20. The molecule has 0 atom stereocenters. The quantitative estimate of drug-likeness (QED) is 0.488. The van der Waals surface area contributed by atoms with Gasteiger partial charge in [-0.15, -0.1) is 0 Å². The van der Waals surface area contributed by atoms with Gasteiger partial charge < -0.3 is 15.2 Å². The Hall–Kier alpha value is -3.26. The van der Waals surface area contributed by atoms with Crippen LogP contribution in [0.4, 0.5) is 5.69 Å². The number of H-pyrrole nitrogens is 2. The lowest BCUT2D eigenvalue weighted by molar-refractivity contribution is 0.578. The number of rotatable bonds is 3. The molecule has 0 bridgehead atoms. The van der Waals surface area contributed by atoms with Gasteiger partial charge in [-0.2, -0.15) is 5.10 Å². The van der Waals surface area contributed by atoms with E-state index >= 15 is 0 Å². The van der Waals surface area contributed by atoms with Crippen molar-refractivity contribution < 1.29 is 0 Å². The molecule has 8 heteroatoms. The third-order valence-electron chi connectivity index (χ3n) is 6.09. The van der Waals surface area contributed by atoms with E-state index in [-0.39, 0.29) is 0 Å². The second-order valence-corrected chi connectivity index (χ2v) is 8.01. The standard InChI is InChI=1S/C22H24N8/c1-2-12-30(13-3-1)17-8-11-24-21-19(17)26-22(27-21)20-18-16(28-29-20)5-4-15(25-18)14-6-9-23-10-7-14/h4-6,8,11,23H,1-3,7,9-10,12-13H2,(H,28,29)(H,24,26,27). The first-order valence-corrected chi connectivity index (χ1v) is 10.7. The van der Waals surface area contributed by atoms with Gasteiger partial charge in [-0.25, -0.2) is 15.0 Å². The lowest BCUT2D eigenvalue weighted by Gasteiger charge is -2.28. The van der Waals surface area contributed by atoms with Gasteiger partial charge in [-0.05, 0) is 56.0 Å². The lowest BCUT2D eigenvalue weighted by Crippen LogP contribution is -2.29. The average molecular weight is 400 g/mol. The van der Waals surface area contributed by atoms with Gasteiger partial charge in [0, 0.05) is 25.8 Å². The summed E-state index contributed by atoms with van der Waals surface area (Å²) < 4.78 is 0. The van der Waals surface area contributed by atoms with Crippen molar-refractivity contribution in [1.82, 2.24) is 35.5 Å². The van der Waals surface area contributed by atoms with Crippen LogP contribution in [0.15, 0.2) is 30.5 Å². The molecule has 0 radical (unpaired) electrons. The number of aromatic nitrogens is 6. The smallest absolute Gasteiger partial charge is 0.180 e. The molecule has 3 N–H and O–H groups in total. The SMILES string of the molecule is C1=C(c2ccc3[nH]nc(-c4nc5nccc(N6CCCCC6)c5[nH]4)c3n2)CCNC1. The van der Waals surface area contributed by atoms with Crippen molar-refractivity contribution in [3.8, 4) is 11.5 Å². The highest BCUT2D eigenvalue weighted by atomic mass is 15.2. The van der Waals surface area contributed by atoms with E-state index in [9.17, 15) is 0 Å². The molecule has 8 nitrogen and oxygen atoms in total. The zero-order valence-electron chi connectivity index (χ0n) is 16.8. The Labute approximate surface area is 173 Å². The molecule has 0 unspecified atom stereocenters. The van der Waals surface area contributed by atoms with Gasteiger partial charge in [0.05, 0.1) is 16.9 Å². The van der Waals surface area contributed by atoms with Crippen LogP contribution in [0.2, 0.25) is 0 Å². The van der Waals surface area contributed by atoms with Crippen molar-refractivity contribution in [3.63, 3.8) is 0 Å². The fourth-order valence-corrected chi connectivity index (χ4v) is 4.51. The van der Waals surface area contributed by atoms with Crippen molar-refractivity contribution in [3.05, 3.63) is 36.2 Å². The van der Waals surface area contributed by atoms with E-state index in [1.807, 2.05) is 6.20 Å². The Kier molecular flexibility index (Phi) is 4.23. The summed E-state index contributed by atoms with van der Waals surface area (Å²) in [6.07, 6.45) is 8.81. The van der Waals surface area contributed by atoms with Crippen LogP contribution >= 0.6 is 0 Å². The van der Waals surface area contributed by atoms with Crippen LogP contribution in [0.5, 0.6) is 0 Å². The Morgan fingerprint density at radius 2 is 1.93 bits per heavy atom. The van der Waals surface area contributed by atoms with Gasteiger partial charge in [0.2, 0.25) is 0 Å². The third-order valence-corrected chi connectivity index (χ3v) is 6.09. The molecule has 0 amide bonds. The van der Waals surface area contributed by atoms with Gasteiger partial charge in [-0.3, -0.25) is 5.10 Å². The van der Waals surface area contributed by atoms with Crippen molar-refractivity contribution >= 4 is 33.5 Å². The number of piperidine rings is 1. The van der Waals surface area contributed by atoms with Crippen LogP contribution in [-0.2, 0) is 0 Å². The Morgan fingerprint density at radius 3 is 2.80 bits per heavy atom. The fourth-order valence-electron chi connectivity index (χ4n) is 4.51. The van der Waals surface area contributed by atoms with E-state index in [0.717, 1.165) is 66.2 Å². The maximum absolute atomic E-state index is 4.94. The van der Waals surface area contributed by atoms with E-state index in [1.54, 1.807) is 0 Å². The summed E-state index contributed by atoms with van der Waals surface area (Å²) in [5.41, 5.74) is 7.65. The maximum atomic E-state index is 4.94. The van der Waals surface area contributed by atoms with E-state index < -0.39 is 0 Å². The number of anilines is 1. The number of hydrogen-bond acceptors (Lipinski definition) is 6. The molecule has 6 rings (SSSR count). The first kappa shape index (κ1) is 17.6. The van der Waals surface area contributed by atoms with Gasteiger partial charge >= 0.3 is 0 Å². The van der Waals surface area contributed by atoms with Gasteiger partial charge in [0.1, 0.15) is 11.0 Å². The largest absolute Gasteiger partial charge is 0.370 e. The minimum absolute atomic E-state index is 0.706. The molecule has 30 heavy (non-hydrogen) atoms. The number of imidazole rings is 1. The Balaban J connectivity index is 1.44. The Morgan fingerprint density at radius 1 is 1.00 bits per heavy atom. The molecular weight excluding hydrogens is 376 g/mol. The van der Waals surface area contributed by atoms with E-state index in [0.29, 0.717) is 5.82 Å².